The van der Waals surface area contributed by atoms with Crippen LogP contribution >= 0.6 is 0 Å². The maximum absolute atomic E-state index is 11.9. The van der Waals surface area contributed by atoms with E-state index in [1.165, 1.54) is 0 Å². The summed E-state index contributed by atoms with van der Waals surface area (Å²) in [5, 5.41) is 0. The Morgan fingerprint density at radius 2 is 1.88 bits per heavy atom. The number of nitrogens with one attached hydrogen (secondary N) is 1. The number of rotatable bonds is 5. The minimum absolute atomic E-state index is 0.274. The van der Waals surface area contributed by atoms with Gasteiger partial charge in [0.15, 0.2) is 0 Å². The summed E-state index contributed by atoms with van der Waals surface area (Å²) in [7, 11) is -3.44. The number of aryl methyl sites for hydroxylation is 1. The van der Waals surface area contributed by atoms with Gasteiger partial charge >= 0.3 is 0 Å². The van der Waals surface area contributed by atoms with E-state index >= 15 is 0 Å². The summed E-state index contributed by atoms with van der Waals surface area (Å²) < 4.78 is 26.2. The maximum atomic E-state index is 11.9. The van der Waals surface area contributed by atoms with Crippen LogP contribution in [0.1, 0.15) is 18.4 Å². The topological polar surface area (TPSA) is 46.2 Å². The third kappa shape index (κ3) is 3.61. The molecule has 0 bridgehead atoms. The zero-order chi connectivity index (χ0) is 12.2. The molecule has 0 aliphatic rings. The SMILES string of the molecule is [CH2]CCC([CH2])NS(=O)(=O)c1ccc(C)cc1. The zero-order valence-electron chi connectivity index (χ0n) is 9.44. The van der Waals surface area contributed by atoms with Gasteiger partial charge in [-0.05, 0) is 32.4 Å². The summed E-state index contributed by atoms with van der Waals surface area (Å²) in [4.78, 5) is 0.274. The van der Waals surface area contributed by atoms with E-state index in [2.05, 4.69) is 18.6 Å². The highest BCUT2D eigenvalue weighted by Crippen LogP contribution is 2.11. The van der Waals surface area contributed by atoms with Crippen LogP contribution < -0.4 is 4.72 Å². The van der Waals surface area contributed by atoms with Crippen LogP contribution in [0.2, 0.25) is 0 Å². The zero-order valence-corrected chi connectivity index (χ0v) is 10.3. The predicted octanol–water partition coefficient (Wildman–Crippen LogP) is 2.09. The van der Waals surface area contributed by atoms with Crippen molar-refractivity contribution in [3.05, 3.63) is 43.7 Å². The van der Waals surface area contributed by atoms with Gasteiger partial charge in [0.05, 0.1) is 4.90 Å². The highest BCUT2D eigenvalue weighted by atomic mass is 32.2. The van der Waals surface area contributed by atoms with Crippen molar-refractivity contribution in [1.29, 1.82) is 0 Å². The molecule has 1 aromatic rings. The largest absolute Gasteiger partial charge is 0.240 e. The average molecular weight is 239 g/mol. The summed E-state index contributed by atoms with van der Waals surface area (Å²) in [6.07, 6.45) is 1.29. The summed E-state index contributed by atoms with van der Waals surface area (Å²) in [6.45, 7) is 9.30. The smallest absolute Gasteiger partial charge is 0.208 e. The molecule has 1 atom stereocenters. The van der Waals surface area contributed by atoms with Crippen LogP contribution in [0.4, 0.5) is 0 Å². The molecule has 0 fully saturated rings. The number of sulfonamides is 1. The van der Waals surface area contributed by atoms with Gasteiger partial charge in [0.25, 0.3) is 0 Å². The standard InChI is InChI=1S/C12H17NO2S/c1-4-5-11(3)13-16(14,15)12-8-6-10(2)7-9-12/h6-9,11,13H,1,3-5H2,2H3. The summed E-state index contributed by atoms with van der Waals surface area (Å²) in [5.41, 5.74) is 1.03. The van der Waals surface area contributed by atoms with E-state index in [0.717, 1.165) is 5.56 Å². The van der Waals surface area contributed by atoms with Gasteiger partial charge in [0.2, 0.25) is 10.0 Å². The molecule has 0 aromatic heterocycles. The molecule has 0 heterocycles. The fourth-order valence-corrected chi connectivity index (χ4v) is 2.50. The van der Waals surface area contributed by atoms with E-state index in [4.69, 9.17) is 0 Å². The molecular formula is C12H17NO2S. The van der Waals surface area contributed by atoms with Crippen LogP contribution in [0.3, 0.4) is 0 Å². The van der Waals surface area contributed by atoms with Crippen molar-refractivity contribution in [2.24, 2.45) is 0 Å². The van der Waals surface area contributed by atoms with Gasteiger partial charge in [0.1, 0.15) is 0 Å². The van der Waals surface area contributed by atoms with Crippen molar-refractivity contribution in [3.63, 3.8) is 0 Å². The van der Waals surface area contributed by atoms with E-state index in [0.29, 0.717) is 12.8 Å². The molecule has 0 saturated heterocycles. The lowest BCUT2D eigenvalue weighted by atomic mass is 10.2. The lowest BCUT2D eigenvalue weighted by Gasteiger charge is -2.13. The first kappa shape index (κ1) is 13.2. The Morgan fingerprint density at radius 3 is 2.38 bits per heavy atom. The van der Waals surface area contributed by atoms with Crippen LogP contribution in [-0.4, -0.2) is 14.5 Å². The molecule has 1 N–H and O–H groups in total. The Balaban J connectivity index is 2.82. The van der Waals surface area contributed by atoms with Crippen LogP contribution in [-0.2, 0) is 10.0 Å². The number of hydrogen-bond donors (Lipinski definition) is 1. The second-order valence-corrected chi connectivity index (χ2v) is 5.49. The van der Waals surface area contributed by atoms with Crippen molar-refractivity contribution in [2.75, 3.05) is 0 Å². The fourth-order valence-electron chi connectivity index (χ4n) is 1.31. The molecule has 2 radical (unpaired) electrons. The van der Waals surface area contributed by atoms with Gasteiger partial charge in [-0.2, -0.15) is 0 Å². The van der Waals surface area contributed by atoms with Crippen LogP contribution in [0.5, 0.6) is 0 Å². The molecule has 0 aliphatic heterocycles. The van der Waals surface area contributed by atoms with Gasteiger partial charge in [-0.25, -0.2) is 13.1 Å². The Bertz CT molecular complexity index is 423. The fraction of sp³-hybridized carbons (Fsp3) is 0.333. The summed E-state index contributed by atoms with van der Waals surface area (Å²) >= 11 is 0. The molecule has 1 aromatic carbocycles. The third-order valence-electron chi connectivity index (χ3n) is 2.21. The molecule has 0 aliphatic carbocycles. The van der Waals surface area contributed by atoms with Gasteiger partial charge in [0, 0.05) is 6.04 Å². The van der Waals surface area contributed by atoms with Crippen LogP contribution in [0.15, 0.2) is 29.2 Å². The van der Waals surface area contributed by atoms with Gasteiger partial charge in [-0.1, -0.05) is 31.0 Å². The molecule has 1 rings (SSSR count). The maximum Gasteiger partial charge on any atom is 0.240 e. The molecule has 0 spiro atoms. The van der Waals surface area contributed by atoms with Crippen molar-refractivity contribution >= 4 is 10.0 Å². The summed E-state index contributed by atoms with van der Waals surface area (Å²) in [5.74, 6) is 0. The van der Waals surface area contributed by atoms with Gasteiger partial charge in [-0.3, -0.25) is 0 Å². The predicted molar refractivity (Wildman–Crippen MR) is 65.2 cm³/mol. The quantitative estimate of drug-likeness (QED) is 0.855. The Hall–Kier alpha value is -0.870. The Kier molecular flexibility index (Phi) is 4.50. The molecule has 4 heteroatoms. The van der Waals surface area contributed by atoms with E-state index in [-0.39, 0.29) is 10.9 Å². The van der Waals surface area contributed by atoms with Crippen molar-refractivity contribution in [1.82, 2.24) is 4.72 Å². The van der Waals surface area contributed by atoms with Crippen molar-refractivity contribution in [2.45, 2.75) is 30.7 Å². The van der Waals surface area contributed by atoms with Crippen LogP contribution in [0, 0.1) is 20.8 Å². The summed E-state index contributed by atoms with van der Waals surface area (Å²) in [6, 6.07) is 6.40. The third-order valence-corrected chi connectivity index (χ3v) is 3.74. The molecule has 16 heavy (non-hydrogen) atoms. The van der Waals surface area contributed by atoms with E-state index in [1.54, 1.807) is 24.3 Å². The molecular weight excluding hydrogens is 222 g/mol. The molecule has 3 nitrogen and oxygen atoms in total. The van der Waals surface area contributed by atoms with E-state index in [1.807, 2.05) is 6.92 Å². The van der Waals surface area contributed by atoms with E-state index in [9.17, 15) is 8.42 Å². The van der Waals surface area contributed by atoms with Crippen molar-refractivity contribution in [3.8, 4) is 0 Å². The Labute approximate surface area is 97.9 Å². The average Bonchev–Trinajstić information content (AvgIpc) is 2.17. The lowest BCUT2D eigenvalue weighted by molar-refractivity contribution is 0.562. The first-order chi connectivity index (χ1) is 7.45. The second kappa shape index (κ2) is 5.46. The first-order valence-electron chi connectivity index (χ1n) is 5.17. The van der Waals surface area contributed by atoms with Gasteiger partial charge < -0.3 is 0 Å². The highest BCUT2D eigenvalue weighted by molar-refractivity contribution is 7.89. The van der Waals surface area contributed by atoms with Crippen molar-refractivity contribution < 1.29 is 8.42 Å². The number of hydrogen-bond acceptors (Lipinski definition) is 2. The molecule has 88 valence electrons. The number of benzene rings is 1. The minimum Gasteiger partial charge on any atom is -0.208 e. The normalized spacial score (nSPS) is 13.7. The Morgan fingerprint density at radius 1 is 1.31 bits per heavy atom. The van der Waals surface area contributed by atoms with Crippen LogP contribution in [0.25, 0.3) is 0 Å². The highest BCUT2D eigenvalue weighted by Gasteiger charge is 2.16. The van der Waals surface area contributed by atoms with Gasteiger partial charge in [-0.15, -0.1) is 0 Å². The first-order valence-corrected chi connectivity index (χ1v) is 6.65. The monoisotopic (exact) mass is 239 g/mol. The van der Waals surface area contributed by atoms with E-state index < -0.39 is 10.0 Å². The minimum atomic E-state index is -3.44. The lowest BCUT2D eigenvalue weighted by Crippen LogP contribution is -2.32. The second-order valence-electron chi connectivity index (χ2n) is 3.77. The molecule has 0 saturated carbocycles. The molecule has 0 amide bonds. The molecule has 1 unspecified atom stereocenters.